The molecule has 0 spiro atoms. The molecule has 0 bridgehead atoms. The number of imidazole rings is 1. The first-order chi connectivity index (χ1) is 12.8. The van der Waals surface area contributed by atoms with Crippen molar-refractivity contribution in [2.45, 2.75) is 53.5 Å². The van der Waals surface area contributed by atoms with Crippen LogP contribution in [0.1, 0.15) is 12.6 Å². The molecular formula is C15H22N6O5Se. The minimum atomic E-state index is -1.28. The van der Waals surface area contributed by atoms with E-state index >= 15 is 0 Å². The van der Waals surface area contributed by atoms with Crippen LogP contribution in [0.25, 0.3) is 11.2 Å². The molecule has 12 heteroatoms. The van der Waals surface area contributed by atoms with Crippen molar-refractivity contribution in [3.8, 4) is 0 Å². The van der Waals surface area contributed by atoms with Crippen LogP contribution < -0.4 is 16.6 Å². The number of hydrogen-bond acceptors (Lipinski definition) is 10. The monoisotopic (exact) mass is 446 g/mol. The molecule has 0 aliphatic carbocycles. The third kappa shape index (κ3) is 4.05. The molecule has 3 heterocycles. The number of aliphatic hydroxyl groups is 2. The number of carboxylic acid groups (broad SMARTS) is 1. The van der Waals surface area contributed by atoms with Crippen LogP contribution in [0.3, 0.4) is 0 Å². The van der Waals surface area contributed by atoms with E-state index in [1.807, 2.05) is 5.82 Å². The number of nitrogens with zero attached hydrogens (tertiary/aromatic N) is 4. The molecule has 1 aliphatic heterocycles. The molecule has 6 N–H and O–H groups in total. The Kier molecular flexibility index (Phi) is 5.94. The summed E-state index contributed by atoms with van der Waals surface area (Å²) in [6.07, 6.45) is -0.609. The number of carboxylic acids is 1. The van der Waals surface area contributed by atoms with Gasteiger partial charge in [-0.25, -0.2) is 0 Å². The molecule has 2 aromatic rings. The number of aliphatic hydroxyl groups excluding tert-OH is 2. The van der Waals surface area contributed by atoms with Gasteiger partial charge in [0.2, 0.25) is 0 Å². The van der Waals surface area contributed by atoms with E-state index in [2.05, 4.69) is 15.0 Å². The Morgan fingerprint density at radius 2 is 2.15 bits per heavy atom. The molecule has 27 heavy (non-hydrogen) atoms. The van der Waals surface area contributed by atoms with Crippen LogP contribution in [-0.4, -0.2) is 74.0 Å². The van der Waals surface area contributed by atoms with E-state index < -0.39 is 50.5 Å². The maximum atomic E-state index is 10.7. The Balaban J connectivity index is 1.68. The summed E-state index contributed by atoms with van der Waals surface area (Å²) in [5.41, 5.74) is 12.0. The summed E-state index contributed by atoms with van der Waals surface area (Å²) in [7, 11) is 0. The molecule has 6 atom stereocenters. The predicted octanol–water partition coefficient (Wildman–Crippen LogP) is -2.38. The number of nitrogen functional groups attached to an aromatic ring is 1. The fraction of sp³-hybridized carbons (Fsp3) is 0.600. The van der Waals surface area contributed by atoms with Crippen LogP contribution in [0.2, 0.25) is 16.5 Å². The van der Waals surface area contributed by atoms with Gasteiger partial charge in [-0.1, -0.05) is 0 Å². The molecule has 1 saturated heterocycles. The summed E-state index contributed by atoms with van der Waals surface area (Å²) in [6.45, 7) is 0. The zero-order valence-electron chi connectivity index (χ0n) is 14.6. The zero-order chi connectivity index (χ0) is 19.7. The molecule has 0 radical (unpaired) electrons. The summed E-state index contributed by atoms with van der Waals surface area (Å²) in [6, 6.07) is -0.994. The number of carbonyl (C=O) groups excluding carboxylic acids is 1. The predicted molar refractivity (Wildman–Crippen MR) is 94.5 cm³/mol. The zero-order valence-corrected chi connectivity index (χ0v) is 16.3. The first-order valence-electron chi connectivity index (χ1n) is 8.29. The van der Waals surface area contributed by atoms with Crippen LogP contribution in [-0.2, 0) is 9.53 Å². The van der Waals surface area contributed by atoms with Gasteiger partial charge in [-0.2, -0.15) is 0 Å². The molecule has 6 unspecified atom stereocenters. The second-order valence-electron chi connectivity index (χ2n) is 6.50. The fourth-order valence-corrected chi connectivity index (χ4v) is 6.44. The quantitative estimate of drug-likeness (QED) is 0.335. The third-order valence-corrected chi connectivity index (χ3v) is 8.37. The van der Waals surface area contributed by atoms with Crippen molar-refractivity contribution in [3.05, 3.63) is 12.7 Å². The van der Waals surface area contributed by atoms with Gasteiger partial charge in [0.25, 0.3) is 0 Å². The molecule has 1 aliphatic rings. The number of aromatic nitrogens is 4. The van der Waals surface area contributed by atoms with Crippen molar-refractivity contribution in [1.82, 2.24) is 19.5 Å². The minimum absolute atomic E-state index is 0.216. The number of nitrogens with two attached hydrogens (primary N) is 2. The second-order valence-corrected chi connectivity index (χ2v) is 11.3. The van der Waals surface area contributed by atoms with Crippen LogP contribution in [0.4, 0.5) is 5.82 Å². The van der Waals surface area contributed by atoms with Crippen molar-refractivity contribution in [2.24, 2.45) is 5.73 Å². The van der Waals surface area contributed by atoms with E-state index in [1.54, 1.807) is 0 Å². The van der Waals surface area contributed by atoms with Crippen molar-refractivity contribution in [3.63, 3.8) is 0 Å². The first kappa shape index (κ1) is 19.9. The maximum absolute atomic E-state index is 10.7. The molecule has 11 nitrogen and oxygen atoms in total. The number of carbonyl (C=O) groups is 1. The number of aliphatic carboxylic acids is 1. The molecule has 2 aromatic heterocycles. The molecule has 148 valence electrons. The Morgan fingerprint density at radius 1 is 1.41 bits per heavy atom. The molecular weight excluding hydrogens is 423 g/mol. The van der Waals surface area contributed by atoms with Gasteiger partial charge in [0.15, 0.2) is 0 Å². The molecule has 1 fully saturated rings. The second kappa shape index (κ2) is 8.05. The fourth-order valence-electron chi connectivity index (χ4n) is 2.96. The summed E-state index contributed by atoms with van der Waals surface area (Å²) >= 11 is -1.28. The van der Waals surface area contributed by atoms with Crippen LogP contribution in [0.15, 0.2) is 12.7 Å². The van der Waals surface area contributed by atoms with Crippen LogP contribution >= 0.6 is 0 Å². The van der Waals surface area contributed by atoms with Gasteiger partial charge in [0.1, 0.15) is 0 Å². The van der Waals surface area contributed by atoms with E-state index in [0.717, 1.165) is 0 Å². The van der Waals surface area contributed by atoms with Crippen molar-refractivity contribution < 1.29 is 24.9 Å². The van der Waals surface area contributed by atoms with Gasteiger partial charge in [0, 0.05) is 0 Å². The SMILES string of the molecule is C[Se+](CCC(N)C(=O)[O-])CC1OC(n2cnc3c(N)ncnc32)C(O)C1O. The molecule has 0 aromatic carbocycles. The average molecular weight is 445 g/mol. The van der Waals surface area contributed by atoms with E-state index in [-0.39, 0.29) is 5.82 Å². The van der Waals surface area contributed by atoms with Gasteiger partial charge in [-0.05, 0) is 0 Å². The van der Waals surface area contributed by atoms with E-state index in [1.165, 1.54) is 17.2 Å². The summed E-state index contributed by atoms with van der Waals surface area (Å²) < 4.78 is 7.42. The van der Waals surface area contributed by atoms with Crippen LogP contribution in [0, 0.1) is 0 Å². The average Bonchev–Trinajstić information content (AvgIpc) is 3.17. The first-order valence-corrected chi connectivity index (χ1v) is 12.4. The van der Waals surface area contributed by atoms with Crippen molar-refractivity contribution in [2.75, 3.05) is 5.73 Å². The summed E-state index contributed by atoms with van der Waals surface area (Å²) in [5.74, 6) is 0.973. The van der Waals surface area contributed by atoms with Gasteiger partial charge >= 0.3 is 159 Å². The van der Waals surface area contributed by atoms with Gasteiger partial charge in [-0.3, -0.25) is 0 Å². The Hall–Kier alpha value is -1.82. The topological polar surface area (TPSA) is 185 Å². The molecule has 3 rings (SSSR count). The number of anilines is 1. The van der Waals surface area contributed by atoms with Crippen LogP contribution in [0.5, 0.6) is 0 Å². The van der Waals surface area contributed by atoms with E-state index in [9.17, 15) is 20.1 Å². The Bertz CT molecular complexity index is 819. The number of ether oxygens (including phenoxy) is 1. The summed E-state index contributed by atoms with van der Waals surface area (Å²) in [5, 5.41) is 32.8. The van der Waals surface area contributed by atoms with Gasteiger partial charge in [0.05, 0.1) is 0 Å². The van der Waals surface area contributed by atoms with Crippen molar-refractivity contribution in [1.29, 1.82) is 0 Å². The number of hydrogen-bond donors (Lipinski definition) is 4. The number of rotatable bonds is 7. The normalized spacial score (nSPS) is 27.7. The van der Waals surface area contributed by atoms with E-state index in [0.29, 0.717) is 28.2 Å². The van der Waals surface area contributed by atoms with Gasteiger partial charge < -0.3 is 0 Å². The summed E-state index contributed by atoms with van der Waals surface area (Å²) in [4.78, 5) is 22.9. The molecule has 0 amide bonds. The standard InChI is InChI=1S/C15H22N6O5Se/c1-27(3-2-7(16)15(24)25)4-8-10(22)11(23)14(26-8)21-6-20-9-12(17)18-5-19-13(9)21/h5-8,10-11,14,22-23H,2-4,16H2,1H3,(H2-,17,18,19,24,25). The van der Waals surface area contributed by atoms with Crippen molar-refractivity contribution >= 4 is 36.9 Å². The Morgan fingerprint density at radius 3 is 2.85 bits per heavy atom. The van der Waals surface area contributed by atoms with E-state index in [4.69, 9.17) is 16.2 Å². The third-order valence-electron chi connectivity index (χ3n) is 4.53. The number of fused-ring (bicyclic) bond motifs is 1. The Labute approximate surface area is 159 Å². The van der Waals surface area contributed by atoms with Gasteiger partial charge in [-0.15, -0.1) is 0 Å². The molecule has 0 saturated carbocycles.